The molecule has 0 spiro atoms. The summed E-state index contributed by atoms with van der Waals surface area (Å²) in [6, 6.07) is 7.90. The zero-order chi connectivity index (χ0) is 11.5. The summed E-state index contributed by atoms with van der Waals surface area (Å²) in [4.78, 5) is 13.0. The highest BCUT2D eigenvalue weighted by molar-refractivity contribution is 5.87. The second-order valence-electron chi connectivity index (χ2n) is 3.52. The number of nitro groups is 1. The molecule has 2 rings (SSSR count). The first kappa shape index (κ1) is 10.4. The van der Waals surface area contributed by atoms with Crippen molar-refractivity contribution in [1.82, 2.24) is 4.98 Å². The number of nitrogens with zero attached hydrogens (tertiary/aromatic N) is 1. The summed E-state index contributed by atoms with van der Waals surface area (Å²) in [5.74, 6) is 0. The molecule has 0 saturated heterocycles. The third kappa shape index (κ3) is 1.82. The van der Waals surface area contributed by atoms with Crippen LogP contribution in [0.2, 0.25) is 0 Å². The predicted molar refractivity (Wildman–Crippen MR) is 63.7 cm³/mol. The van der Waals surface area contributed by atoms with E-state index in [0.29, 0.717) is 0 Å². The van der Waals surface area contributed by atoms with Crippen molar-refractivity contribution in [1.29, 1.82) is 0 Å². The average molecular weight is 216 g/mol. The third-order valence-electron chi connectivity index (χ3n) is 2.56. The Hall–Kier alpha value is -2.10. The number of rotatable bonds is 3. The van der Waals surface area contributed by atoms with E-state index < -0.39 is 4.92 Å². The van der Waals surface area contributed by atoms with Gasteiger partial charge in [0.1, 0.15) is 0 Å². The molecule has 0 aliphatic heterocycles. The Bertz CT molecular complexity index is 555. The van der Waals surface area contributed by atoms with Crippen molar-refractivity contribution in [2.75, 3.05) is 0 Å². The molecule has 4 heteroatoms. The average Bonchev–Trinajstić information content (AvgIpc) is 2.63. The van der Waals surface area contributed by atoms with Gasteiger partial charge in [-0.15, -0.1) is 0 Å². The molecule has 0 atom stereocenters. The minimum absolute atomic E-state index is 0.453. The quantitative estimate of drug-likeness (QED) is 0.633. The number of hydrogen-bond donors (Lipinski definition) is 1. The molecule has 0 amide bonds. The normalized spacial score (nSPS) is 11.3. The first-order valence-electron chi connectivity index (χ1n) is 5.13. The van der Waals surface area contributed by atoms with E-state index in [1.54, 1.807) is 0 Å². The van der Waals surface area contributed by atoms with Gasteiger partial charge in [0, 0.05) is 22.7 Å². The molecule has 0 bridgehead atoms. The van der Waals surface area contributed by atoms with E-state index in [2.05, 4.69) is 4.98 Å². The molecule has 82 valence electrons. The second-order valence-corrected chi connectivity index (χ2v) is 3.52. The van der Waals surface area contributed by atoms with Crippen LogP contribution >= 0.6 is 0 Å². The first-order chi connectivity index (χ1) is 7.72. The molecule has 1 heterocycles. The van der Waals surface area contributed by atoms with Gasteiger partial charge in [-0.1, -0.05) is 25.1 Å². The van der Waals surface area contributed by atoms with Crippen LogP contribution in [0, 0.1) is 10.1 Å². The van der Waals surface area contributed by atoms with Gasteiger partial charge in [0.25, 0.3) is 0 Å². The zero-order valence-corrected chi connectivity index (χ0v) is 8.93. The van der Waals surface area contributed by atoms with Gasteiger partial charge in [0.05, 0.1) is 4.92 Å². The van der Waals surface area contributed by atoms with Gasteiger partial charge in [-0.2, -0.15) is 0 Å². The smallest absolute Gasteiger partial charge is 0.236 e. The highest BCUT2D eigenvalue weighted by Crippen LogP contribution is 2.23. The fourth-order valence-electron chi connectivity index (χ4n) is 1.88. The molecule has 0 aliphatic carbocycles. The maximum atomic E-state index is 10.3. The van der Waals surface area contributed by atoms with Crippen LogP contribution in [0.1, 0.15) is 18.2 Å². The molecule has 0 fully saturated rings. The van der Waals surface area contributed by atoms with E-state index in [0.717, 1.165) is 34.8 Å². The molecule has 4 nitrogen and oxygen atoms in total. The maximum absolute atomic E-state index is 10.3. The van der Waals surface area contributed by atoms with Gasteiger partial charge < -0.3 is 4.98 Å². The van der Waals surface area contributed by atoms with Gasteiger partial charge in [-0.25, -0.2) is 0 Å². The van der Waals surface area contributed by atoms with E-state index in [1.165, 1.54) is 6.08 Å². The van der Waals surface area contributed by atoms with Crippen molar-refractivity contribution in [3.8, 4) is 0 Å². The Morgan fingerprint density at radius 2 is 2.19 bits per heavy atom. The number of aryl methyl sites for hydroxylation is 1. The summed E-state index contributed by atoms with van der Waals surface area (Å²) in [5, 5.41) is 11.4. The third-order valence-corrected chi connectivity index (χ3v) is 2.56. The molecule has 1 N–H and O–H groups in total. The van der Waals surface area contributed by atoms with Gasteiger partial charge in [-0.3, -0.25) is 10.1 Å². The minimum atomic E-state index is -0.453. The zero-order valence-electron chi connectivity index (χ0n) is 8.93. The van der Waals surface area contributed by atoms with Crippen molar-refractivity contribution in [2.24, 2.45) is 0 Å². The molecular formula is C12H12N2O2. The monoisotopic (exact) mass is 216 g/mol. The summed E-state index contributed by atoms with van der Waals surface area (Å²) in [5.41, 5.74) is 2.96. The molecule has 0 saturated carbocycles. The van der Waals surface area contributed by atoms with E-state index >= 15 is 0 Å². The topological polar surface area (TPSA) is 58.9 Å². The number of aromatic amines is 1. The molecule has 0 aliphatic rings. The van der Waals surface area contributed by atoms with Crippen molar-refractivity contribution >= 4 is 17.0 Å². The number of nitrogens with one attached hydrogen (secondary N) is 1. The predicted octanol–water partition coefficient (Wildman–Crippen LogP) is 2.98. The van der Waals surface area contributed by atoms with Crippen LogP contribution in [0.5, 0.6) is 0 Å². The largest absolute Gasteiger partial charge is 0.355 e. The summed E-state index contributed by atoms with van der Waals surface area (Å²) in [6.45, 7) is 2.04. The summed E-state index contributed by atoms with van der Waals surface area (Å²) >= 11 is 0. The summed E-state index contributed by atoms with van der Waals surface area (Å²) < 4.78 is 0. The molecule has 0 unspecified atom stereocenters. The lowest BCUT2D eigenvalue weighted by Gasteiger charge is -1.94. The van der Waals surface area contributed by atoms with Crippen LogP contribution in [0.25, 0.3) is 17.0 Å². The van der Waals surface area contributed by atoms with E-state index in [-0.39, 0.29) is 0 Å². The molecular weight excluding hydrogens is 204 g/mol. The van der Waals surface area contributed by atoms with E-state index in [9.17, 15) is 10.1 Å². The Morgan fingerprint density at radius 3 is 2.88 bits per heavy atom. The Balaban J connectivity index is 2.56. The van der Waals surface area contributed by atoms with Crippen molar-refractivity contribution in [2.45, 2.75) is 13.3 Å². The molecule has 1 aromatic carbocycles. The number of aromatic nitrogens is 1. The van der Waals surface area contributed by atoms with Gasteiger partial charge in [0.2, 0.25) is 6.20 Å². The number of para-hydroxylation sites is 1. The number of fused-ring (bicyclic) bond motifs is 1. The highest BCUT2D eigenvalue weighted by Gasteiger charge is 2.07. The molecule has 2 aromatic rings. The van der Waals surface area contributed by atoms with E-state index in [1.807, 2.05) is 31.2 Å². The Labute approximate surface area is 92.7 Å². The Kier molecular flexibility index (Phi) is 2.72. The van der Waals surface area contributed by atoms with Gasteiger partial charge in [-0.05, 0) is 18.1 Å². The van der Waals surface area contributed by atoms with Crippen LogP contribution in [0.4, 0.5) is 0 Å². The van der Waals surface area contributed by atoms with Crippen molar-refractivity contribution < 1.29 is 4.92 Å². The lowest BCUT2D eigenvalue weighted by Crippen LogP contribution is -1.85. The molecule has 0 radical (unpaired) electrons. The van der Waals surface area contributed by atoms with Gasteiger partial charge in [0.15, 0.2) is 0 Å². The van der Waals surface area contributed by atoms with Crippen LogP contribution < -0.4 is 0 Å². The fraction of sp³-hybridized carbons (Fsp3) is 0.167. The lowest BCUT2D eigenvalue weighted by atomic mass is 10.1. The number of benzene rings is 1. The van der Waals surface area contributed by atoms with Crippen molar-refractivity contribution in [3.05, 3.63) is 51.8 Å². The molecule has 16 heavy (non-hydrogen) atoms. The Morgan fingerprint density at radius 1 is 1.44 bits per heavy atom. The van der Waals surface area contributed by atoms with Crippen LogP contribution in [-0.4, -0.2) is 9.91 Å². The molecule has 1 aromatic heterocycles. The SMILES string of the molecule is CCc1c(/C=C/[N+](=O)[O-])[nH]c2ccccc12. The minimum Gasteiger partial charge on any atom is -0.355 e. The standard InChI is InChI=1S/C12H12N2O2/c1-2-9-10-5-3-4-6-11(10)13-12(9)7-8-14(15)16/h3-8,13H,2H2,1H3/b8-7+. The number of hydrogen-bond acceptors (Lipinski definition) is 2. The summed E-state index contributed by atoms with van der Waals surface area (Å²) in [7, 11) is 0. The lowest BCUT2D eigenvalue weighted by molar-refractivity contribution is -0.401. The van der Waals surface area contributed by atoms with Crippen molar-refractivity contribution in [3.63, 3.8) is 0 Å². The van der Waals surface area contributed by atoms with Crippen LogP contribution in [0.15, 0.2) is 30.5 Å². The van der Waals surface area contributed by atoms with E-state index in [4.69, 9.17) is 0 Å². The summed E-state index contributed by atoms with van der Waals surface area (Å²) in [6.07, 6.45) is 3.32. The highest BCUT2D eigenvalue weighted by atomic mass is 16.6. The van der Waals surface area contributed by atoms with Crippen LogP contribution in [0.3, 0.4) is 0 Å². The van der Waals surface area contributed by atoms with Crippen LogP contribution in [-0.2, 0) is 6.42 Å². The van der Waals surface area contributed by atoms with Gasteiger partial charge >= 0.3 is 0 Å². The number of H-pyrrole nitrogens is 1. The maximum Gasteiger partial charge on any atom is 0.236 e. The second kappa shape index (κ2) is 4.18. The first-order valence-corrected chi connectivity index (χ1v) is 5.13. The fourth-order valence-corrected chi connectivity index (χ4v) is 1.88.